The molecule has 0 spiro atoms. The number of nitrogens with one attached hydrogen (secondary N) is 1. The standard InChI is InChI=1S/C21H24ClFN4O2/c1-3-29-9-8-27-19-10-16(14-4-6-15(23)7-5-14)17(22)11-18(19)26-20(27)12-25-21(28)13(2)24/h4-7,10-11,13H,3,8-9,12,24H2,1-2H3,(H,25,28)/t13-/m0/s1. The first-order chi connectivity index (χ1) is 13.9. The molecule has 3 N–H and O–H groups in total. The first-order valence-corrected chi connectivity index (χ1v) is 9.84. The van der Waals surface area contributed by atoms with Crippen LogP contribution < -0.4 is 11.1 Å². The van der Waals surface area contributed by atoms with Crippen molar-refractivity contribution in [3.05, 3.63) is 53.1 Å². The van der Waals surface area contributed by atoms with E-state index in [1.807, 2.05) is 17.6 Å². The molecule has 0 saturated carbocycles. The summed E-state index contributed by atoms with van der Waals surface area (Å²) in [6.07, 6.45) is 0. The molecule has 1 atom stereocenters. The minimum atomic E-state index is -0.601. The number of carbonyl (C=O) groups excluding carboxylic acids is 1. The third-order valence-electron chi connectivity index (χ3n) is 4.57. The Balaban J connectivity index is 2.02. The van der Waals surface area contributed by atoms with Gasteiger partial charge in [0.1, 0.15) is 11.6 Å². The second kappa shape index (κ2) is 9.35. The Morgan fingerprint density at radius 1 is 1.34 bits per heavy atom. The van der Waals surface area contributed by atoms with Crippen molar-refractivity contribution in [2.24, 2.45) is 5.73 Å². The minimum Gasteiger partial charge on any atom is -0.380 e. The average Bonchev–Trinajstić information content (AvgIpc) is 3.02. The van der Waals surface area contributed by atoms with E-state index in [4.69, 9.17) is 22.1 Å². The lowest BCUT2D eigenvalue weighted by molar-refractivity contribution is -0.122. The van der Waals surface area contributed by atoms with E-state index in [0.717, 1.165) is 16.6 Å². The first kappa shape index (κ1) is 21.2. The molecule has 1 amide bonds. The molecular formula is C21H24ClFN4O2. The van der Waals surface area contributed by atoms with E-state index < -0.39 is 6.04 Å². The number of carbonyl (C=O) groups is 1. The molecule has 2 aromatic carbocycles. The van der Waals surface area contributed by atoms with Crippen LogP contribution in [0.15, 0.2) is 36.4 Å². The molecule has 0 unspecified atom stereocenters. The summed E-state index contributed by atoms with van der Waals surface area (Å²) in [4.78, 5) is 16.5. The van der Waals surface area contributed by atoms with Crippen LogP contribution >= 0.6 is 11.6 Å². The molecule has 3 aromatic rings. The predicted octanol–water partition coefficient (Wildman–Crippen LogP) is 3.50. The first-order valence-electron chi connectivity index (χ1n) is 9.46. The van der Waals surface area contributed by atoms with Crippen LogP contribution in [-0.2, 0) is 22.6 Å². The van der Waals surface area contributed by atoms with Crippen LogP contribution in [0.1, 0.15) is 19.7 Å². The van der Waals surface area contributed by atoms with Crippen LogP contribution in [0.2, 0.25) is 5.02 Å². The molecule has 0 fully saturated rings. The van der Waals surface area contributed by atoms with Gasteiger partial charge in [0.05, 0.1) is 35.2 Å². The minimum absolute atomic E-state index is 0.241. The molecule has 3 rings (SSSR count). The monoisotopic (exact) mass is 418 g/mol. The number of aromatic nitrogens is 2. The number of hydrogen-bond acceptors (Lipinski definition) is 4. The Labute approximate surface area is 173 Å². The van der Waals surface area contributed by atoms with Crippen LogP contribution in [-0.4, -0.2) is 34.7 Å². The number of halogens is 2. The van der Waals surface area contributed by atoms with Crippen molar-refractivity contribution in [1.82, 2.24) is 14.9 Å². The van der Waals surface area contributed by atoms with Crippen molar-refractivity contribution in [1.29, 1.82) is 0 Å². The second-order valence-electron chi connectivity index (χ2n) is 6.71. The van der Waals surface area contributed by atoms with Crippen molar-refractivity contribution in [3.63, 3.8) is 0 Å². The molecule has 0 radical (unpaired) electrons. The summed E-state index contributed by atoms with van der Waals surface area (Å²) in [7, 11) is 0. The normalized spacial score (nSPS) is 12.3. The van der Waals surface area contributed by atoms with Gasteiger partial charge in [0.15, 0.2) is 0 Å². The summed E-state index contributed by atoms with van der Waals surface area (Å²) in [6.45, 7) is 5.48. The number of nitrogens with two attached hydrogens (primary N) is 1. The van der Waals surface area contributed by atoms with Crippen molar-refractivity contribution in [2.75, 3.05) is 13.2 Å². The summed E-state index contributed by atoms with van der Waals surface area (Å²) in [5, 5.41) is 3.31. The number of amides is 1. The van der Waals surface area contributed by atoms with Gasteiger partial charge in [-0.1, -0.05) is 23.7 Å². The topological polar surface area (TPSA) is 82.2 Å². The number of hydrogen-bond donors (Lipinski definition) is 2. The fraction of sp³-hybridized carbons (Fsp3) is 0.333. The Morgan fingerprint density at radius 3 is 2.72 bits per heavy atom. The number of ether oxygens (including phenoxy) is 1. The number of imidazole rings is 1. The predicted molar refractivity (Wildman–Crippen MR) is 112 cm³/mol. The SMILES string of the molecule is CCOCCn1c(CNC(=O)[C@H](C)N)nc2cc(Cl)c(-c3ccc(F)cc3)cc21. The van der Waals surface area contributed by atoms with E-state index >= 15 is 0 Å². The molecule has 1 heterocycles. The molecule has 154 valence electrons. The number of nitrogens with zero attached hydrogens (tertiary/aromatic N) is 2. The van der Waals surface area contributed by atoms with Crippen molar-refractivity contribution in [3.8, 4) is 11.1 Å². The van der Waals surface area contributed by atoms with Crippen LogP contribution in [0.5, 0.6) is 0 Å². The zero-order chi connectivity index (χ0) is 21.0. The number of fused-ring (bicyclic) bond motifs is 1. The highest BCUT2D eigenvalue weighted by Gasteiger charge is 2.16. The molecule has 6 nitrogen and oxygen atoms in total. The van der Waals surface area contributed by atoms with Gasteiger partial charge in [-0.05, 0) is 43.7 Å². The second-order valence-corrected chi connectivity index (χ2v) is 7.12. The Kier molecular flexibility index (Phi) is 6.84. The lowest BCUT2D eigenvalue weighted by atomic mass is 10.0. The quantitative estimate of drug-likeness (QED) is 0.548. The highest BCUT2D eigenvalue weighted by atomic mass is 35.5. The number of rotatable bonds is 8. The molecule has 8 heteroatoms. The van der Waals surface area contributed by atoms with E-state index in [2.05, 4.69) is 10.3 Å². The van der Waals surface area contributed by atoms with Gasteiger partial charge in [0.2, 0.25) is 5.91 Å². The molecule has 0 aliphatic carbocycles. The van der Waals surface area contributed by atoms with E-state index in [0.29, 0.717) is 36.1 Å². The summed E-state index contributed by atoms with van der Waals surface area (Å²) < 4.78 is 20.8. The van der Waals surface area contributed by atoms with Crippen LogP contribution in [0.25, 0.3) is 22.2 Å². The summed E-state index contributed by atoms with van der Waals surface area (Å²) in [5.74, 6) is 0.124. The third-order valence-corrected chi connectivity index (χ3v) is 4.88. The maximum Gasteiger partial charge on any atom is 0.237 e. The highest BCUT2D eigenvalue weighted by molar-refractivity contribution is 6.34. The van der Waals surface area contributed by atoms with E-state index in [1.165, 1.54) is 12.1 Å². The van der Waals surface area contributed by atoms with Crippen molar-refractivity contribution < 1.29 is 13.9 Å². The highest BCUT2D eigenvalue weighted by Crippen LogP contribution is 2.32. The molecule has 0 aliphatic rings. The number of benzene rings is 2. The van der Waals surface area contributed by atoms with Crippen LogP contribution in [0.3, 0.4) is 0 Å². The zero-order valence-electron chi connectivity index (χ0n) is 16.4. The summed E-state index contributed by atoms with van der Waals surface area (Å²) >= 11 is 6.48. The van der Waals surface area contributed by atoms with Gasteiger partial charge in [0.25, 0.3) is 0 Å². The summed E-state index contributed by atoms with van der Waals surface area (Å²) in [6, 6.07) is 9.29. The van der Waals surface area contributed by atoms with Gasteiger partial charge in [0, 0.05) is 18.7 Å². The molecule has 1 aromatic heterocycles. The van der Waals surface area contributed by atoms with Crippen molar-refractivity contribution >= 4 is 28.5 Å². The molecule has 0 aliphatic heterocycles. The van der Waals surface area contributed by atoms with E-state index in [1.54, 1.807) is 25.1 Å². The van der Waals surface area contributed by atoms with E-state index in [9.17, 15) is 9.18 Å². The summed E-state index contributed by atoms with van der Waals surface area (Å²) in [5.41, 5.74) is 8.78. The smallest absolute Gasteiger partial charge is 0.237 e. The van der Waals surface area contributed by atoms with Gasteiger partial charge in [-0.15, -0.1) is 0 Å². The molecule has 0 saturated heterocycles. The van der Waals surface area contributed by atoms with Gasteiger partial charge >= 0.3 is 0 Å². The largest absolute Gasteiger partial charge is 0.380 e. The van der Waals surface area contributed by atoms with Crippen LogP contribution in [0, 0.1) is 5.82 Å². The van der Waals surface area contributed by atoms with E-state index in [-0.39, 0.29) is 18.3 Å². The lowest BCUT2D eigenvalue weighted by Gasteiger charge is -2.12. The fourth-order valence-corrected chi connectivity index (χ4v) is 3.32. The molecule has 29 heavy (non-hydrogen) atoms. The van der Waals surface area contributed by atoms with Gasteiger partial charge in [-0.3, -0.25) is 4.79 Å². The Morgan fingerprint density at radius 2 is 2.07 bits per heavy atom. The van der Waals surface area contributed by atoms with Gasteiger partial charge in [-0.2, -0.15) is 0 Å². The van der Waals surface area contributed by atoms with Crippen molar-refractivity contribution in [2.45, 2.75) is 33.0 Å². The third kappa shape index (κ3) is 4.93. The fourth-order valence-electron chi connectivity index (χ4n) is 3.06. The molecule has 0 bridgehead atoms. The van der Waals surface area contributed by atoms with Gasteiger partial charge < -0.3 is 20.4 Å². The molecular weight excluding hydrogens is 395 g/mol. The zero-order valence-corrected chi connectivity index (χ0v) is 17.2. The Hall–Kier alpha value is -2.48. The maximum absolute atomic E-state index is 13.3. The maximum atomic E-state index is 13.3. The average molecular weight is 419 g/mol. The van der Waals surface area contributed by atoms with Crippen LogP contribution in [0.4, 0.5) is 4.39 Å². The lowest BCUT2D eigenvalue weighted by Crippen LogP contribution is -2.38. The Bertz CT molecular complexity index is 1000. The van der Waals surface area contributed by atoms with Gasteiger partial charge in [-0.25, -0.2) is 9.37 Å².